The summed E-state index contributed by atoms with van der Waals surface area (Å²) >= 11 is 6.17. The number of benzene rings is 2. The van der Waals surface area contributed by atoms with E-state index in [1.54, 1.807) is 37.3 Å². The van der Waals surface area contributed by atoms with Gasteiger partial charge in [0.15, 0.2) is 0 Å². The van der Waals surface area contributed by atoms with Gasteiger partial charge in [-0.2, -0.15) is 0 Å². The molecule has 0 radical (unpaired) electrons. The summed E-state index contributed by atoms with van der Waals surface area (Å²) in [6, 6.07) is 11.9. The molecule has 6 heteroatoms. The lowest BCUT2D eigenvalue weighted by atomic mass is 9.88. The number of methoxy groups -OCH3 is 2. The molecule has 2 atom stereocenters. The zero-order valence-electron chi connectivity index (χ0n) is 12.8. The molecule has 0 saturated carbocycles. The molecular formula is C17H17ClN2O3. The molecule has 2 aromatic rings. The molecule has 1 fully saturated rings. The maximum absolute atomic E-state index is 12.3. The van der Waals surface area contributed by atoms with Crippen LogP contribution in [0.2, 0.25) is 5.02 Å². The molecule has 3 rings (SSSR count). The zero-order valence-corrected chi connectivity index (χ0v) is 13.6. The lowest BCUT2D eigenvalue weighted by molar-refractivity contribution is -0.126. The summed E-state index contributed by atoms with van der Waals surface area (Å²) in [5, 5.41) is 0.447. The molecule has 1 aliphatic heterocycles. The van der Waals surface area contributed by atoms with Crippen LogP contribution in [0, 0.1) is 0 Å². The van der Waals surface area contributed by atoms with Crippen LogP contribution in [0.5, 0.6) is 11.5 Å². The fourth-order valence-corrected chi connectivity index (χ4v) is 3.04. The van der Waals surface area contributed by atoms with Crippen LogP contribution in [0.1, 0.15) is 11.6 Å². The molecule has 5 nitrogen and oxygen atoms in total. The minimum atomic E-state index is -0.581. The van der Waals surface area contributed by atoms with Gasteiger partial charge in [-0.15, -0.1) is 0 Å². The van der Waals surface area contributed by atoms with E-state index >= 15 is 0 Å². The SMILES string of the molecule is COc1cccc([C@H]2[C@@H](N)C(=O)N2c2ccc(OC)c(Cl)c2)c1. The number of hydrogen-bond acceptors (Lipinski definition) is 4. The van der Waals surface area contributed by atoms with Crippen molar-refractivity contribution in [2.24, 2.45) is 5.73 Å². The fraction of sp³-hybridized carbons (Fsp3) is 0.235. The number of amides is 1. The van der Waals surface area contributed by atoms with E-state index in [2.05, 4.69) is 0 Å². The molecule has 0 bridgehead atoms. The fourth-order valence-electron chi connectivity index (χ4n) is 2.79. The summed E-state index contributed by atoms with van der Waals surface area (Å²) in [6.07, 6.45) is 0. The lowest BCUT2D eigenvalue weighted by Gasteiger charge is -2.45. The van der Waals surface area contributed by atoms with Gasteiger partial charge in [-0.25, -0.2) is 0 Å². The molecule has 1 saturated heterocycles. The van der Waals surface area contributed by atoms with E-state index in [9.17, 15) is 4.79 Å². The first kappa shape index (κ1) is 15.6. The zero-order chi connectivity index (χ0) is 16.6. The van der Waals surface area contributed by atoms with Crippen molar-refractivity contribution in [1.82, 2.24) is 0 Å². The number of nitrogens with two attached hydrogens (primary N) is 1. The van der Waals surface area contributed by atoms with Crippen LogP contribution in [0.15, 0.2) is 42.5 Å². The van der Waals surface area contributed by atoms with Gasteiger partial charge in [0.05, 0.1) is 25.3 Å². The van der Waals surface area contributed by atoms with Gasteiger partial charge in [-0.3, -0.25) is 4.79 Å². The minimum Gasteiger partial charge on any atom is -0.497 e. The molecule has 0 aliphatic carbocycles. The Balaban J connectivity index is 1.97. The van der Waals surface area contributed by atoms with Crippen LogP contribution in [-0.2, 0) is 4.79 Å². The summed E-state index contributed by atoms with van der Waals surface area (Å²) in [5.74, 6) is 1.14. The topological polar surface area (TPSA) is 64.8 Å². The van der Waals surface area contributed by atoms with Gasteiger partial charge >= 0.3 is 0 Å². The average Bonchev–Trinajstić information content (AvgIpc) is 2.58. The number of halogens is 1. The summed E-state index contributed by atoms with van der Waals surface area (Å²) in [5.41, 5.74) is 7.63. The monoisotopic (exact) mass is 332 g/mol. The lowest BCUT2D eigenvalue weighted by Crippen LogP contribution is -2.63. The Morgan fingerprint density at radius 1 is 1.13 bits per heavy atom. The first-order valence-electron chi connectivity index (χ1n) is 7.13. The number of carbonyl (C=O) groups is 1. The Morgan fingerprint density at radius 2 is 1.91 bits per heavy atom. The molecule has 1 heterocycles. The van der Waals surface area contributed by atoms with Crippen molar-refractivity contribution in [1.29, 1.82) is 0 Å². The minimum absolute atomic E-state index is 0.140. The Bertz CT molecular complexity index is 750. The van der Waals surface area contributed by atoms with Crippen molar-refractivity contribution >= 4 is 23.2 Å². The highest BCUT2D eigenvalue weighted by molar-refractivity contribution is 6.32. The van der Waals surface area contributed by atoms with Gasteiger partial charge in [0.1, 0.15) is 17.5 Å². The first-order valence-corrected chi connectivity index (χ1v) is 7.50. The smallest absolute Gasteiger partial charge is 0.247 e. The highest BCUT2D eigenvalue weighted by atomic mass is 35.5. The van der Waals surface area contributed by atoms with E-state index in [0.717, 1.165) is 11.3 Å². The predicted molar refractivity (Wildman–Crippen MR) is 89.2 cm³/mol. The molecule has 1 aliphatic rings. The molecule has 1 amide bonds. The normalized spacial score (nSPS) is 20.2. The largest absolute Gasteiger partial charge is 0.497 e. The van der Waals surface area contributed by atoms with E-state index in [0.29, 0.717) is 16.5 Å². The third-order valence-electron chi connectivity index (χ3n) is 3.99. The van der Waals surface area contributed by atoms with Crippen molar-refractivity contribution < 1.29 is 14.3 Å². The second-order valence-corrected chi connectivity index (χ2v) is 5.68. The van der Waals surface area contributed by atoms with Crippen molar-refractivity contribution in [2.45, 2.75) is 12.1 Å². The molecule has 0 spiro atoms. The Labute approximate surface area is 139 Å². The van der Waals surface area contributed by atoms with Crippen LogP contribution in [-0.4, -0.2) is 26.2 Å². The average molecular weight is 333 g/mol. The Kier molecular flexibility index (Phi) is 4.15. The van der Waals surface area contributed by atoms with E-state index in [1.807, 2.05) is 24.3 Å². The second-order valence-electron chi connectivity index (χ2n) is 5.27. The molecule has 23 heavy (non-hydrogen) atoms. The van der Waals surface area contributed by atoms with Gasteiger partial charge in [0.25, 0.3) is 0 Å². The highest BCUT2D eigenvalue weighted by Crippen LogP contribution is 2.41. The molecule has 2 N–H and O–H groups in total. The van der Waals surface area contributed by atoms with Gasteiger partial charge in [0.2, 0.25) is 5.91 Å². The van der Waals surface area contributed by atoms with Crippen molar-refractivity contribution in [2.75, 3.05) is 19.1 Å². The second kappa shape index (κ2) is 6.10. The predicted octanol–water partition coefficient (Wildman–Crippen LogP) is 2.77. The quantitative estimate of drug-likeness (QED) is 0.874. The highest BCUT2D eigenvalue weighted by Gasteiger charge is 2.46. The first-order chi connectivity index (χ1) is 11.1. The summed E-state index contributed by atoms with van der Waals surface area (Å²) in [7, 11) is 3.15. The summed E-state index contributed by atoms with van der Waals surface area (Å²) in [6.45, 7) is 0. The summed E-state index contributed by atoms with van der Waals surface area (Å²) < 4.78 is 10.4. The third kappa shape index (κ3) is 2.62. The van der Waals surface area contributed by atoms with Gasteiger partial charge in [0, 0.05) is 5.69 Å². The van der Waals surface area contributed by atoms with Crippen molar-refractivity contribution in [3.05, 3.63) is 53.1 Å². The maximum Gasteiger partial charge on any atom is 0.247 e. The van der Waals surface area contributed by atoms with Crippen LogP contribution >= 0.6 is 11.6 Å². The molecule has 0 aromatic heterocycles. The Morgan fingerprint density at radius 3 is 2.57 bits per heavy atom. The molecule has 0 unspecified atom stereocenters. The number of β-lactam (4-membered cyclic amide) rings is 1. The number of carbonyl (C=O) groups excluding carboxylic acids is 1. The van der Waals surface area contributed by atoms with Crippen LogP contribution in [0.4, 0.5) is 5.69 Å². The number of rotatable bonds is 4. The molecular weight excluding hydrogens is 316 g/mol. The van der Waals surface area contributed by atoms with E-state index in [1.165, 1.54) is 0 Å². The maximum atomic E-state index is 12.3. The summed E-state index contributed by atoms with van der Waals surface area (Å²) in [4.78, 5) is 13.9. The van der Waals surface area contributed by atoms with Gasteiger partial charge in [-0.1, -0.05) is 23.7 Å². The van der Waals surface area contributed by atoms with Crippen LogP contribution in [0.3, 0.4) is 0 Å². The van der Waals surface area contributed by atoms with Crippen LogP contribution in [0.25, 0.3) is 0 Å². The third-order valence-corrected chi connectivity index (χ3v) is 4.29. The standard InChI is InChI=1S/C17H17ClN2O3/c1-22-12-5-3-4-10(8-12)16-15(19)17(21)20(16)11-6-7-14(23-2)13(18)9-11/h3-9,15-16H,19H2,1-2H3/t15-,16+/m1/s1. The molecule has 2 aromatic carbocycles. The van der Waals surface area contributed by atoms with E-state index in [-0.39, 0.29) is 11.9 Å². The number of ether oxygens (including phenoxy) is 2. The number of anilines is 1. The number of hydrogen-bond donors (Lipinski definition) is 1. The number of nitrogens with zero attached hydrogens (tertiary/aromatic N) is 1. The van der Waals surface area contributed by atoms with Crippen LogP contribution < -0.4 is 20.1 Å². The van der Waals surface area contributed by atoms with E-state index in [4.69, 9.17) is 26.8 Å². The molecule has 120 valence electrons. The van der Waals surface area contributed by atoms with Gasteiger partial charge < -0.3 is 20.1 Å². The van der Waals surface area contributed by atoms with Gasteiger partial charge in [-0.05, 0) is 35.9 Å². The van der Waals surface area contributed by atoms with E-state index < -0.39 is 6.04 Å². The van der Waals surface area contributed by atoms with Crippen molar-refractivity contribution in [3.63, 3.8) is 0 Å². The Hall–Kier alpha value is -2.24. The van der Waals surface area contributed by atoms with Crippen molar-refractivity contribution in [3.8, 4) is 11.5 Å².